The van der Waals surface area contributed by atoms with Crippen LogP contribution in [0.25, 0.3) is 10.2 Å². The van der Waals surface area contributed by atoms with Gasteiger partial charge in [0.25, 0.3) is 0 Å². The van der Waals surface area contributed by atoms with Crippen LogP contribution in [-0.4, -0.2) is 55.3 Å². The monoisotopic (exact) mass is 469 g/mol. The number of carbonyl (C=O) groups is 1. The van der Waals surface area contributed by atoms with Gasteiger partial charge in [-0.2, -0.15) is 0 Å². The molecule has 0 radical (unpaired) electrons. The van der Waals surface area contributed by atoms with Gasteiger partial charge in [-0.15, -0.1) is 0 Å². The van der Waals surface area contributed by atoms with E-state index in [-0.39, 0.29) is 29.4 Å². The summed E-state index contributed by atoms with van der Waals surface area (Å²) in [6.07, 6.45) is 0.861. The molecule has 0 N–H and O–H groups in total. The second-order valence-electron chi connectivity index (χ2n) is 8.80. The highest BCUT2D eigenvalue weighted by atomic mass is 32.2. The van der Waals surface area contributed by atoms with Crippen molar-refractivity contribution in [2.75, 3.05) is 36.0 Å². The van der Waals surface area contributed by atoms with E-state index in [1.165, 1.54) is 10.3 Å². The molecule has 1 amide bonds. The Bertz CT molecular complexity index is 1230. The number of sulfone groups is 1. The molecule has 2 fully saturated rings. The van der Waals surface area contributed by atoms with Crippen LogP contribution in [0.4, 0.5) is 5.13 Å². The predicted molar refractivity (Wildman–Crippen MR) is 129 cm³/mol. The SMILES string of the molecule is Cc1ccc2nc(N3CCN(C(=O)C4CCS(=O)(=O)CC4)C(c4ccccc4)C3)sc2c1. The van der Waals surface area contributed by atoms with Crippen LogP contribution in [-0.2, 0) is 14.6 Å². The summed E-state index contributed by atoms with van der Waals surface area (Å²) in [7, 11) is -2.99. The number of nitrogens with zero attached hydrogens (tertiary/aromatic N) is 3. The highest BCUT2D eigenvalue weighted by Gasteiger charge is 2.37. The minimum atomic E-state index is -2.99. The molecule has 2 saturated heterocycles. The minimum Gasteiger partial charge on any atom is -0.344 e. The molecule has 0 spiro atoms. The molecule has 168 valence electrons. The van der Waals surface area contributed by atoms with E-state index in [1.807, 2.05) is 23.1 Å². The Morgan fingerprint density at radius 2 is 1.81 bits per heavy atom. The van der Waals surface area contributed by atoms with Crippen molar-refractivity contribution in [3.05, 3.63) is 59.7 Å². The molecule has 5 rings (SSSR count). The fraction of sp³-hybridized carbons (Fsp3) is 0.417. The lowest BCUT2D eigenvalue weighted by Crippen LogP contribution is -2.53. The van der Waals surface area contributed by atoms with E-state index >= 15 is 0 Å². The maximum atomic E-state index is 13.5. The van der Waals surface area contributed by atoms with Crippen molar-refractivity contribution in [2.45, 2.75) is 25.8 Å². The van der Waals surface area contributed by atoms with E-state index in [0.29, 0.717) is 25.9 Å². The Morgan fingerprint density at radius 1 is 1.06 bits per heavy atom. The van der Waals surface area contributed by atoms with Crippen molar-refractivity contribution >= 4 is 42.4 Å². The van der Waals surface area contributed by atoms with Gasteiger partial charge in [0, 0.05) is 25.6 Å². The molecule has 3 heterocycles. The number of thiazole rings is 1. The summed E-state index contributed by atoms with van der Waals surface area (Å²) < 4.78 is 24.9. The van der Waals surface area contributed by atoms with E-state index in [1.54, 1.807) is 11.3 Å². The summed E-state index contributed by atoms with van der Waals surface area (Å²) in [4.78, 5) is 22.6. The van der Waals surface area contributed by atoms with E-state index in [0.717, 1.165) is 22.8 Å². The van der Waals surface area contributed by atoms with Gasteiger partial charge >= 0.3 is 0 Å². The Morgan fingerprint density at radius 3 is 2.56 bits per heavy atom. The summed E-state index contributed by atoms with van der Waals surface area (Å²) in [6, 6.07) is 16.4. The summed E-state index contributed by atoms with van der Waals surface area (Å²) in [5, 5.41) is 0.988. The zero-order valence-corrected chi connectivity index (χ0v) is 19.7. The molecule has 2 aliphatic heterocycles. The van der Waals surface area contributed by atoms with Crippen LogP contribution in [0.1, 0.15) is 30.0 Å². The number of benzene rings is 2. The van der Waals surface area contributed by atoms with Crippen LogP contribution in [0.2, 0.25) is 0 Å². The molecular weight excluding hydrogens is 442 g/mol. The van der Waals surface area contributed by atoms with Crippen LogP contribution in [0.15, 0.2) is 48.5 Å². The fourth-order valence-corrected chi connectivity index (χ4v) is 7.30. The van der Waals surface area contributed by atoms with Crippen LogP contribution in [0.3, 0.4) is 0 Å². The summed E-state index contributed by atoms with van der Waals surface area (Å²) in [5.74, 6) is 0.115. The number of carbonyl (C=O) groups excluding carboxylic acids is 1. The number of hydrogen-bond acceptors (Lipinski definition) is 6. The van der Waals surface area contributed by atoms with Gasteiger partial charge in [0.05, 0.1) is 27.8 Å². The molecule has 2 aliphatic rings. The molecule has 2 aromatic carbocycles. The van der Waals surface area contributed by atoms with Gasteiger partial charge in [-0.05, 0) is 43.0 Å². The van der Waals surface area contributed by atoms with Crippen molar-refractivity contribution < 1.29 is 13.2 Å². The maximum Gasteiger partial charge on any atom is 0.226 e. The lowest BCUT2D eigenvalue weighted by Gasteiger charge is -2.43. The average molecular weight is 470 g/mol. The molecule has 0 bridgehead atoms. The number of amides is 1. The standard InChI is InChI=1S/C24H27N3O3S2/c1-17-7-8-20-22(15-17)31-24(25-20)26-11-12-27(21(16-26)18-5-3-2-4-6-18)23(28)19-9-13-32(29,30)14-10-19/h2-8,15,19,21H,9-14,16H2,1H3. The van der Waals surface area contributed by atoms with Gasteiger partial charge in [-0.1, -0.05) is 47.7 Å². The molecule has 3 aromatic rings. The number of fused-ring (bicyclic) bond motifs is 1. The van der Waals surface area contributed by atoms with Gasteiger partial charge in [0.1, 0.15) is 9.84 Å². The maximum absolute atomic E-state index is 13.5. The van der Waals surface area contributed by atoms with Crippen molar-refractivity contribution in [2.24, 2.45) is 5.92 Å². The molecule has 1 unspecified atom stereocenters. The number of hydrogen-bond donors (Lipinski definition) is 0. The van der Waals surface area contributed by atoms with E-state index in [4.69, 9.17) is 4.98 Å². The van der Waals surface area contributed by atoms with Gasteiger partial charge in [-0.3, -0.25) is 4.79 Å². The van der Waals surface area contributed by atoms with E-state index < -0.39 is 9.84 Å². The van der Waals surface area contributed by atoms with Crippen molar-refractivity contribution in [3.8, 4) is 0 Å². The predicted octanol–water partition coefficient (Wildman–Crippen LogP) is 3.82. The third-order valence-electron chi connectivity index (χ3n) is 6.55. The van der Waals surface area contributed by atoms with Crippen molar-refractivity contribution in [1.82, 2.24) is 9.88 Å². The Balaban J connectivity index is 1.41. The number of rotatable bonds is 3. The lowest BCUT2D eigenvalue weighted by molar-refractivity contribution is -0.138. The van der Waals surface area contributed by atoms with Crippen LogP contribution < -0.4 is 4.90 Å². The molecule has 6 nitrogen and oxygen atoms in total. The quantitative estimate of drug-likeness (QED) is 0.583. The number of aromatic nitrogens is 1. The van der Waals surface area contributed by atoms with Crippen LogP contribution >= 0.6 is 11.3 Å². The summed E-state index contributed by atoms with van der Waals surface area (Å²) in [5.41, 5.74) is 3.33. The van der Waals surface area contributed by atoms with Gasteiger partial charge in [0.2, 0.25) is 5.91 Å². The summed E-state index contributed by atoms with van der Waals surface area (Å²) >= 11 is 1.70. The van der Waals surface area contributed by atoms with Gasteiger partial charge < -0.3 is 9.80 Å². The first-order valence-corrected chi connectivity index (χ1v) is 13.7. The molecule has 32 heavy (non-hydrogen) atoms. The molecule has 0 saturated carbocycles. The Labute approximate surface area is 192 Å². The Hall–Kier alpha value is -2.45. The first-order chi connectivity index (χ1) is 15.4. The third-order valence-corrected chi connectivity index (χ3v) is 9.35. The topological polar surface area (TPSA) is 70.6 Å². The zero-order valence-electron chi connectivity index (χ0n) is 18.1. The fourth-order valence-electron chi connectivity index (χ4n) is 4.71. The van der Waals surface area contributed by atoms with Crippen LogP contribution in [0.5, 0.6) is 0 Å². The first kappa shape index (κ1) is 21.4. The highest BCUT2D eigenvalue weighted by Crippen LogP contribution is 2.35. The second kappa shape index (κ2) is 8.48. The number of aryl methyl sites for hydroxylation is 1. The molecule has 1 aromatic heterocycles. The van der Waals surface area contributed by atoms with Crippen molar-refractivity contribution in [1.29, 1.82) is 0 Å². The number of piperazine rings is 1. The largest absolute Gasteiger partial charge is 0.344 e. The molecule has 1 atom stereocenters. The van der Waals surface area contributed by atoms with Crippen LogP contribution in [0, 0.1) is 12.8 Å². The van der Waals surface area contributed by atoms with Crippen molar-refractivity contribution in [3.63, 3.8) is 0 Å². The smallest absolute Gasteiger partial charge is 0.226 e. The third kappa shape index (κ3) is 4.26. The van der Waals surface area contributed by atoms with E-state index in [9.17, 15) is 13.2 Å². The molecular formula is C24H27N3O3S2. The minimum absolute atomic E-state index is 0.0790. The zero-order chi connectivity index (χ0) is 22.3. The van der Waals surface area contributed by atoms with Gasteiger partial charge in [-0.25, -0.2) is 13.4 Å². The molecule has 0 aliphatic carbocycles. The average Bonchev–Trinajstić information content (AvgIpc) is 3.22. The van der Waals surface area contributed by atoms with Gasteiger partial charge in [0.15, 0.2) is 5.13 Å². The van der Waals surface area contributed by atoms with E-state index in [2.05, 4.69) is 42.2 Å². The second-order valence-corrected chi connectivity index (χ2v) is 12.1. The molecule has 8 heteroatoms. The first-order valence-electron chi connectivity index (χ1n) is 11.1. The number of anilines is 1. The Kier molecular flexibility index (Phi) is 5.67. The lowest BCUT2D eigenvalue weighted by atomic mass is 9.96. The highest BCUT2D eigenvalue weighted by molar-refractivity contribution is 7.91. The normalized spacial score (nSPS) is 21.7. The summed E-state index contributed by atoms with van der Waals surface area (Å²) in [6.45, 7) is 4.10.